The highest BCUT2D eigenvalue weighted by Crippen LogP contribution is 2.09. The molecule has 0 atom stereocenters. The second kappa shape index (κ2) is 3.83. The fourth-order valence-corrected chi connectivity index (χ4v) is 1.71. The monoisotopic (exact) mass is 223 g/mol. The third-order valence-corrected chi connectivity index (χ3v) is 2.55. The van der Waals surface area contributed by atoms with E-state index in [0.29, 0.717) is 17.0 Å². The van der Waals surface area contributed by atoms with Crippen LogP contribution in [0.15, 0.2) is 54.7 Å². The Kier molecular flexibility index (Phi) is 2.19. The molecule has 0 amide bonds. The number of fused-ring (bicyclic) bond motifs is 1. The second-order valence-corrected chi connectivity index (χ2v) is 3.65. The molecule has 0 aliphatic carbocycles. The van der Waals surface area contributed by atoms with Crippen molar-refractivity contribution in [3.05, 3.63) is 66.1 Å². The van der Waals surface area contributed by atoms with E-state index in [1.165, 1.54) is 0 Å². The Morgan fingerprint density at radius 3 is 2.53 bits per heavy atom. The molecular formula is C13H9N3O. The summed E-state index contributed by atoms with van der Waals surface area (Å²) in [4.78, 5) is 12.2. The van der Waals surface area contributed by atoms with Crippen molar-refractivity contribution in [1.82, 2.24) is 14.6 Å². The van der Waals surface area contributed by atoms with Crippen LogP contribution >= 0.6 is 0 Å². The molecule has 0 aliphatic rings. The second-order valence-electron chi connectivity index (χ2n) is 3.65. The number of nitrogens with zero attached hydrogens (tertiary/aromatic N) is 3. The highest BCUT2D eigenvalue weighted by Gasteiger charge is 2.15. The van der Waals surface area contributed by atoms with Gasteiger partial charge >= 0.3 is 0 Å². The fourth-order valence-electron chi connectivity index (χ4n) is 1.71. The van der Waals surface area contributed by atoms with Crippen LogP contribution in [-0.4, -0.2) is 20.4 Å². The summed E-state index contributed by atoms with van der Waals surface area (Å²) in [6, 6.07) is 14.6. The lowest BCUT2D eigenvalue weighted by Crippen LogP contribution is -2.06. The third kappa shape index (κ3) is 1.59. The molecule has 0 unspecified atom stereocenters. The number of hydrogen-bond donors (Lipinski definition) is 0. The number of aromatic nitrogens is 3. The Bertz CT molecular complexity index is 673. The minimum Gasteiger partial charge on any atom is -0.285 e. The summed E-state index contributed by atoms with van der Waals surface area (Å²) >= 11 is 0. The van der Waals surface area contributed by atoms with E-state index in [1.54, 1.807) is 22.7 Å². The molecule has 0 saturated heterocycles. The van der Waals surface area contributed by atoms with Gasteiger partial charge in [0, 0.05) is 11.8 Å². The molecule has 17 heavy (non-hydrogen) atoms. The number of hydrogen-bond acceptors (Lipinski definition) is 3. The predicted octanol–water partition coefficient (Wildman–Crippen LogP) is 1.96. The Hall–Kier alpha value is -2.49. The zero-order chi connectivity index (χ0) is 11.7. The number of ketones is 1. The number of pyridine rings is 1. The van der Waals surface area contributed by atoms with Gasteiger partial charge in [-0.2, -0.15) is 0 Å². The molecule has 1 aromatic carbocycles. The largest absolute Gasteiger partial charge is 0.285 e. The Morgan fingerprint density at radius 1 is 0.941 bits per heavy atom. The van der Waals surface area contributed by atoms with E-state index < -0.39 is 0 Å². The molecule has 0 spiro atoms. The standard InChI is InChI=1S/C13H9N3O/c17-12(10-6-2-1-3-7-10)13-15-14-11-8-4-5-9-16(11)13/h1-9H. The van der Waals surface area contributed by atoms with Crippen LogP contribution in [0.2, 0.25) is 0 Å². The van der Waals surface area contributed by atoms with Crippen LogP contribution in [0.4, 0.5) is 0 Å². The van der Waals surface area contributed by atoms with Crippen LogP contribution in [-0.2, 0) is 0 Å². The van der Waals surface area contributed by atoms with Gasteiger partial charge in [0.25, 0.3) is 0 Å². The van der Waals surface area contributed by atoms with Gasteiger partial charge in [-0.05, 0) is 12.1 Å². The molecule has 0 saturated carbocycles. The van der Waals surface area contributed by atoms with Crippen molar-refractivity contribution in [3.8, 4) is 0 Å². The molecule has 2 heterocycles. The molecule has 0 fully saturated rings. The average Bonchev–Trinajstić information content (AvgIpc) is 2.83. The third-order valence-electron chi connectivity index (χ3n) is 2.55. The number of carbonyl (C=O) groups excluding carboxylic acids is 1. The van der Waals surface area contributed by atoms with Crippen LogP contribution in [0, 0.1) is 0 Å². The molecule has 2 aromatic heterocycles. The Balaban J connectivity index is 2.14. The summed E-state index contributed by atoms with van der Waals surface area (Å²) in [6.45, 7) is 0. The van der Waals surface area contributed by atoms with Gasteiger partial charge in [-0.25, -0.2) is 0 Å². The maximum atomic E-state index is 12.2. The molecule has 0 bridgehead atoms. The maximum Gasteiger partial charge on any atom is 0.230 e. The Morgan fingerprint density at radius 2 is 1.71 bits per heavy atom. The molecule has 0 aliphatic heterocycles. The molecule has 3 rings (SSSR count). The van der Waals surface area contributed by atoms with Gasteiger partial charge in [0.05, 0.1) is 0 Å². The molecular weight excluding hydrogens is 214 g/mol. The van der Waals surface area contributed by atoms with Crippen molar-refractivity contribution < 1.29 is 4.79 Å². The van der Waals surface area contributed by atoms with Crippen molar-refractivity contribution in [2.75, 3.05) is 0 Å². The zero-order valence-corrected chi connectivity index (χ0v) is 8.95. The predicted molar refractivity (Wildman–Crippen MR) is 62.9 cm³/mol. The minimum atomic E-state index is -0.121. The summed E-state index contributed by atoms with van der Waals surface area (Å²) in [5.41, 5.74) is 1.29. The van der Waals surface area contributed by atoms with E-state index in [1.807, 2.05) is 36.4 Å². The summed E-state index contributed by atoms with van der Waals surface area (Å²) in [6.07, 6.45) is 1.78. The van der Waals surface area contributed by atoms with E-state index in [-0.39, 0.29) is 5.78 Å². The lowest BCUT2D eigenvalue weighted by Gasteiger charge is -1.98. The summed E-state index contributed by atoms with van der Waals surface area (Å²) in [5, 5.41) is 7.89. The van der Waals surface area contributed by atoms with E-state index in [4.69, 9.17) is 0 Å². The van der Waals surface area contributed by atoms with Crippen molar-refractivity contribution in [1.29, 1.82) is 0 Å². The zero-order valence-electron chi connectivity index (χ0n) is 8.95. The lowest BCUT2D eigenvalue weighted by molar-refractivity contribution is 0.102. The van der Waals surface area contributed by atoms with Crippen LogP contribution in [0.5, 0.6) is 0 Å². The topological polar surface area (TPSA) is 47.3 Å². The normalized spacial score (nSPS) is 10.6. The quantitative estimate of drug-likeness (QED) is 0.624. The first-order chi connectivity index (χ1) is 8.36. The molecule has 82 valence electrons. The van der Waals surface area contributed by atoms with Crippen LogP contribution < -0.4 is 0 Å². The molecule has 4 heteroatoms. The Labute approximate surface area is 97.5 Å². The molecule has 0 radical (unpaired) electrons. The van der Waals surface area contributed by atoms with Crippen molar-refractivity contribution in [2.24, 2.45) is 0 Å². The highest BCUT2D eigenvalue weighted by atomic mass is 16.1. The number of rotatable bonds is 2. The highest BCUT2D eigenvalue weighted by molar-refractivity contribution is 6.06. The van der Waals surface area contributed by atoms with Gasteiger partial charge < -0.3 is 0 Å². The van der Waals surface area contributed by atoms with E-state index >= 15 is 0 Å². The van der Waals surface area contributed by atoms with Gasteiger partial charge in [-0.15, -0.1) is 10.2 Å². The summed E-state index contributed by atoms with van der Waals surface area (Å²) < 4.78 is 1.69. The first-order valence-electron chi connectivity index (χ1n) is 5.26. The van der Waals surface area contributed by atoms with Gasteiger partial charge in [-0.1, -0.05) is 36.4 Å². The summed E-state index contributed by atoms with van der Waals surface area (Å²) in [7, 11) is 0. The summed E-state index contributed by atoms with van der Waals surface area (Å²) in [5.74, 6) is 0.219. The molecule has 4 nitrogen and oxygen atoms in total. The van der Waals surface area contributed by atoms with Crippen molar-refractivity contribution in [2.45, 2.75) is 0 Å². The smallest absolute Gasteiger partial charge is 0.230 e. The van der Waals surface area contributed by atoms with E-state index in [0.717, 1.165) is 0 Å². The first kappa shape index (κ1) is 9.72. The molecule has 3 aromatic rings. The van der Waals surface area contributed by atoms with Gasteiger partial charge in [0.15, 0.2) is 5.65 Å². The van der Waals surface area contributed by atoms with E-state index in [9.17, 15) is 4.79 Å². The molecule has 0 N–H and O–H groups in total. The van der Waals surface area contributed by atoms with Gasteiger partial charge in [0.2, 0.25) is 11.6 Å². The van der Waals surface area contributed by atoms with Crippen LogP contribution in [0.1, 0.15) is 16.2 Å². The maximum absolute atomic E-state index is 12.2. The average molecular weight is 223 g/mol. The first-order valence-corrected chi connectivity index (χ1v) is 5.26. The van der Waals surface area contributed by atoms with Crippen LogP contribution in [0.3, 0.4) is 0 Å². The van der Waals surface area contributed by atoms with Crippen LogP contribution in [0.25, 0.3) is 5.65 Å². The minimum absolute atomic E-state index is 0.121. The van der Waals surface area contributed by atoms with Crippen molar-refractivity contribution in [3.63, 3.8) is 0 Å². The number of carbonyl (C=O) groups is 1. The SMILES string of the molecule is O=C(c1ccccc1)c1nnc2ccccn12. The fraction of sp³-hybridized carbons (Fsp3) is 0. The van der Waals surface area contributed by atoms with Crippen molar-refractivity contribution >= 4 is 11.4 Å². The number of benzene rings is 1. The van der Waals surface area contributed by atoms with E-state index in [2.05, 4.69) is 10.2 Å². The van der Waals surface area contributed by atoms with Gasteiger partial charge in [-0.3, -0.25) is 9.20 Å². The lowest BCUT2D eigenvalue weighted by atomic mass is 10.1. The van der Waals surface area contributed by atoms with Gasteiger partial charge in [0.1, 0.15) is 0 Å².